The number of likely N-dealkylation sites (tertiary alicyclic amines) is 1. The van der Waals surface area contributed by atoms with Gasteiger partial charge in [-0.3, -0.25) is 9.89 Å². The first kappa shape index (κ1) is 14.8. The van der Waals surface area contributed by atoms with Gasteiger partial charge >= 0.3 is 0 Å². The predicted octanol–water partition coefficient (Wildman–Crippen LogP) is 2.13. The Labute approximate surface area is 129 Å². The van der Waals surface area contributed by atoms with Crippen LogP contribution in [0.5, 0.6) is 0 Å². The Morgan fingerprint density at radius 2 is 2.32 bits per heavy atom. The minimum absolute atomic E-state index is 0.153. The minimum atomic E-state index is -0.153. The molecule has 2 N–H and O–H groups in total. The summed E-state index contributed by atoms with van der Waals surface area (Å²) in [5, 5.41) is 9.78. The maximum Gasteiger partial charge on any atom is 0.271 e. The summed E-state index contributed by atoms with van der Waals surface area (Å²) in [6.45, 7) is 6.10. The first-order chi connectivity index (χ1) is 10.7. The van der Waals surface area contributed by atoms with Crippen molar-refractivity contribution in [3.63, 3.8) is 0 Å². The fraction of sp³-hybridized carbons (Fsp3) is 0.500. The Morgan fingerprint density at radius 3 is 3.05 bits per heavy atom. The van der Waals surface area contributed by atoms with E-state index in [9.17, 15) is 4.79 Å². The van der Waals surface area contributed by atoms with Crippen LogP contribution in [0.4, 0.5) is 0 Å². The van der Waals surface area contributed by atoms with Gasteiger partial charge in [0.25, 0.3) is 5.91 Å². The number of furan rings is 1. The molecule has 3 heterocycles. The van der Waals surface area contributed by atoms with Crippen LogP contribution in [0.1, 0.15) is 30.3 Å². The van der Waals surface area contributed by atoms with Crippen LogP contribution in [0, 0.1) is 5.92 Å². The molecule has 1 fully saturated rings. The van der Waals surface area contributed by atoms with Crippen LogP contribution in [0.2, 0.25) is 0 Å². The van der Waals surface area contributed by atoms with E-state index < -0.39 is 0 Å². The van der Waals surface area contributed by atoms with Crippen LogP contribution in [-0.4, -0.2) is 47.2 Å². The smallest absolute Gasteiger partial charge is 0.271 e. The van der Waals surface area contributed by atoms with Gasteiger partial charge in [0.05, 0.1) is 6.26 Å². The molecular weight excluding hydrogens is 280 g/mol. The molecule has 0 aliphatic carbocycles. The lowest BCUT2D eigenvalue weighted by Crippen LogP contribution is -2.39. The third-order valence-electron chi connectivity index (χ3n) is 4.19. The molecule has 22 heavy (non-hydrogen) atoms. The Hall–Kier alpha value is -2.08. The van der Waals surface area contributed by atoms with Crippen LogP contribution in [-0.2, 0) is 0 Å². The molecule has 0 unspecified atom stereocenters. The lowest BCUT2D eigenvalue weighted by molar-refractivity contribution is 0.0939. The molecule has 2 aromatic rings. The molecule has 0 radical (unpaired) electrons. The summed E-state index contributed by atoms with van der Waals surface area (Å²) in [6.07, 6.45) is 4.09. The standard InChI is InChI=1S/C16H22N4O2/c1-12-4-7-20(8-5-12)9-6-17-16(21)14-11-13(18-19-14)15-3-2-10-22-15/h2-3,10-12H,4-9H2,1H3,(H,17,21)(H,18,19). The summed E-state index contributed by atoms with van der Waals surface area (Å²) in [5.41, 5.74) is 1.10. The number of nitrogens with one attached hydrogen (secondary N) is 2. The van der Waals surface area contributed by atoms with Crippen molar-refractivity contribution in [3.8, 4) is 11.5 Å². The van der Waals surface area contributed by atoms with Crippen molar-refractivity contribution in [3.05, 3.63) is 30.2 Å². The Morgan fingerprint density at radius 1 is 1.50 bits per heavy atom. The number of hydrogen-bond acceptors (Lipinski definition) is 4. The second-order valence-electron chi connectivity index (χ2n) is 5.92. The normalized spacial score (nSPS) is 16.8. The van der Waals surface area contributed by atoms with Crippen LogP contribution in [0.3, 0.4) is 0 Å². The molecule has 0 bridgehead atoms. The molecule has 0 spiro atoms. The zero-order chi connectivity index (χ0) is 15.4. The third-order valence-corrected chi connectivity index (χ3v) is 4.19. The Kier molecular flexibility index (Phi) is 4.58. The van der Waals surface area contributed by atoms with E-state index in [1.807, 2.05) is 6.07 Å². The van der Waals surface area contributed by atoms with E-state index in [-0.39, 0.29) is 5.91 Å². The van der Waals surface area contributed by atoms with E-state index in [0.717, 1.165) is 25.6 Å². The van der Waals surface area contributed by atoms with Gasteiger partial charge in [-0.25, -0.2) is 0 Å². The first-order valence-corrected chi connectivity index (χ1v) is 7.82. The minimum Gasteiger partial charge on any atom is -0.463 e. The molecule has 1 amide bonds. The van der Waals surface area contributed by atoms with Gasteiger partial charge in [-0.05, 0) is 44.0 Å². The summed E-state index contributed by atoms with van der Waals surface area (Å²) in [4.78, 5) is 14.5. The second kappa shape index (κ2) is 6.79. The average Bonchev–Trinajstić information content (AvgIpc) is 3.20. The van der Waals surface area contributed by atoms with Gasteiger partial charge in [0.1, 0.15) is 5.69 Å². The molecule has 0 saturated carbocycles. The fourth-order valence-electron chi connectivity index (χ4n) is 2.70. The molecule has 1 aliphatic heterocycles. The maximum atomic E-state index is 12.1. The number of carbonyl (C=O) groups is 1. The molecule has 2 aromatic heterocycles. The molecule has 6 heteroatoms. The predicted molar refractivity (Wildman–Crippen MR) is 83.5 cm³/mol. The van der Waals surface area contributed by atoms with Crippen molar-refractivity contribution in [1.82, 2.24) is 20.4 Å². The number of amides is 1. The molecule has 0 atom stereocenters. The van der Waals surface area contributed by atoms with Crippen molar-refractivity contribution in [1.29, 1.82) is 0 Å². The molecule has 118 valence electrons. The Balaban J connectivity index is 1.46. The van der Waals surface area contributed by atoms with Crippen molar-refractivity contribution < 1.29 is 9.21 Å². The molecule has 3 rings (SSSR count). The third kappa shape index (κ3) is 3.57. The molecule has 1 aliphatic rings. The van der Waals surface area contributed by atoms with Gasteiger partial charge in [0, 0.05) is 19.2 Å². The number of piperidine rings is 1. The number of rotatable bonds is 5. The van der Waals surface area contributed by atoms with E-state index >= 15 is 0 Å². The topological polar surface area (TPSA) is 74.2 Å². The lowest BCUT2D eigenvalue weighted by atomic mass is 9.99. The highest BCUT2D eigenvalue weighted by molar-refractivity contribution is 5.93. The number of nitrogens with zero attached hydrogens (tertiary/aromatic N) is 2. The van der Waals surface area contributed by atoms with Crippen molar-refractivity contribution >= 4 is 5.91 Å². The number of aromatic nitrogens is 2. The van der Waals surface area contributed by atoms with E-state index in [0.29, 0.717) is 23.7 Å². The summed E-state index contributed by atoms with van der Waals surface area (Å²) in [7, 11) is 0. The van der Waals surface area contributed by atoms with E-state index in [1.165, 1.54) is 12.8 Å². The number of hydrogen-bond donors (Lipinski definition) is 2. The summed E-state index contributed by atoms with van der Waals surface area (Å²) in [6, 6.07) is 5.33. The van der Waals surface area contributed by atoms with Crippen molar-refractivity contribution in [2.75, 3.05) is 26.2 Å². The summed E-state index contributed by atoms with van der Waals surface area (Å²) in [5.74, 6) is 1.35. The highest BCUT2D eigenvalue weighted by Gasteiger charge is 2.16. The van der Waals surface area contributed by atoms with Crippen LogP contribution in [0.15, 0.2) is 28.9 Å². The van der Waals surface area contributed by atoms with Crippen LogP contribution in [0.25, 0.3) is 11.5 Å². The number of aromatic amines is 1. The van der Waals surface area contributed by atoms with Crippen LogP contribution >= 0.6 is 0 Å². The van der Waals surface area contributed by atoms with Gasteiger partial charge in [-0.1, -0.05) is 6.92 Å². The quantitative estimate of drug-likeness (QED) is 0.887. The number of H-pyrrole nitrogens is 1. The highest BCUT2D eigenvalue weighted by atomic mass is 16.3. The largest absolute Gasteiger partial charge is 0.463 e. The SMILES string of the molecule is CC1CCN(CCNC(=O)c2cc(-c3ccco3)[nH]n2)CC1. The summed E-state index contributed by atoms with van der Waals surface area (Å²) < 4.78 is 5.27. The first-order valence-electron chi connectivity index (χ1n) is 7.82. The van der Waals surface area contributed by atoms with Gasteiger partial charge in [-0.15, -0.1) is 0 Å². The fourth-order valence-corrected chi connectivity index (χ4v) is 2.70. The highest BCUT2D eigenvalue weighted by Crippen LogP contribution is 2.18. The van der Waals surface area contributed by atoms with Gasteiger partial charge in [0.2, 0.25) is 0 Å². The van der Waals surface area contributed by atoms with Gasteiger partial charge < -0.3 is 14.6 Å². The molecular formula is C16H22N4O2. The maximum absolute atomic E-state index is 12.1. The van der Waals surface area contributed by atoms with Crippen LogP contribution < -0.4 is 5.32 Å². The zero-order valence-electron chi connectivity index (χ0n) is 12.8. The van der Waals surface area contributed by atoms with Crippen molar-refractivity contribution in [2.24, 2.45) is 5.92 Å². The average molecular weight is 302 g/mol. The van der Waals surface area contributed by atoms with Crippen molar-refractivity contribution in [2.45, 2.75) is 19.8 Å². The second-order valence-corrected chi connectivity index (χ2v) is 5.92. The lowest BCUT2D eigenvalue weighted by Gasteiger charge is -2.30. The Bertz CT molecular complexity index is 597. The molecule has 6 nitrogen and oxygen atoms in total. The summed E-state index contributed by atoms with van der Waals surface area (Å²) >= 11 is 0. The molecule has 1 saturated heterocycles. The van der Waals surface area contributed by atoms with E-state index in [4.69, 9.17) is 4.42 Å². The van der Waals surface area contributed by atoms with Gasteiger partial charge in [0.15, 0.2) is 11.5 Å². The molecule has 0 aromatic carbocycles. The van der Waals surface area contributed by atoms with Gasteiger partial charge in [-0.2, -0.15) is 5.10 Å². The number of carbonyl (C=O) groups excluding carboxylic acids is 1. The van der Waals surface area contributed by atoms with E-state index in [2.05, 4.69) is 27.3 Å². The monoisotopic (exact) mass is 302 g/mol. The van der Waals surface area contributed by atoms with E-state index in [1.54, 1.807) is 18.4 Å². The zero-order valence-corrected chi connectivity index (χ0v) is 12.8.